The summed E-state index contributed by atoms with van der Waals surface area (Å²) in [6.45, 7) is 1.95. The quantitative estimate of drug-likeness (QED) is 0.853. The predicted octanol–water partition coefficient (Wildman–Crippen LogP) is 2.18. The Bertz CT molecular complexity index is 631. The Morgan fingerprint density at radius 3 is 2.55 bits per heavy atom. The summed E-state index contributed by atoms with van der Waals surface area (Å²) in [7, 11) is 1.74. The molecule has 0 spiro atoms. The van der Waals surface area contributed by atoms with Crippen molar-refractivity contribution in [2.75, 3.05) is 7.05 Å². The molecule has 1 amide bonds. The average molecular weight is 266 g/mol. The Morgan fingerprint density at radius 1 is 1.30 bits per heavy atom. The van der Waals surface area contributed by atoms with Crippen LogP contribution in [0.25, 0.3) is 0 Å². The van der Waals surface area contributed by atoms with Gasteiger partial charge in [-0.1, -0.05) is 0 Å². The first kappa shape index (κ1) is 13.7. The number of rotatable bonds is 3. The fourth-order valence-electron chi connectivity index (χ4n) is 1.83. The minimum Gasteiger partial charge on any atom is -0.335 e. The molecule has 2 aromatic heterocycles. The fraction of sp³-hybridized carbons (Fsp3) is 0.200. The second kappa shape index (κ2) is 5.93. The van der Waals surface area contributed by atoms with Gasteiger partial charge in [-0.25, -0.2) is 4.98 Å². The number of hydrogen-bond acceptors (Lipinski definition) is 4. The number of aromatic nitrogens is 2. The lowest BCUT2D eigenvalue weighted by Gasteiger charge is -2.25. The molecule has 5 heteroatoms. The Labute approximate surface area is 117 Å². The third kappa shape index (κ3) is 2.81. The summed E-state index contributed by atoms with van der Waals surface area (Å²) in [6, 6.07) is 8.78. The highest BCUT2D eigenvalue weighted by molar-refractivity contribution is 5.94. The maximum atomic E-state index is 12.3. The van der Waals surface area contributed by atoms with Gasteiger partial charge in [0, 0.05) is 25.6 Å². The summed E-state index contributed by atoms with van der Waals surface area (Å²) in [5.74, 6) is -0.133. The van der Waals surface area contributed by atoms with E-state index >= 15 is 0 Å². The van der Waals surface area contributed by atoms with Crippen molar-refractivity contribution < 1.29 is 4.79 Å². The van der Waals surface area contributed by atoms with Crippen molar-refractivity contribution in [3.8, 4) is 6.07 Å². The van der Waals surface area contributed by atoms with Crippen LogP contribution in [0.15, 0.2) is 42.9 Å². The Balaban J connectivity index is 2.18. The smallest absolute Gasteiger partial charge is 0.255 e. The summed E-state index contributed by atoms with van der Waals surface area (Å²) < 4.78 is 0. The number of pyridine rings is 2. The third-order valence-electron chi connectivity index (χ3n) is 3.21. The summed E-state index contributed by atoms with van der Waals surface area (Å²) in [5, 5.41) is 8.70. The molecular weight excluding hydrogens is 252 g/mol. The maximum absolute atomic E-state index is 12.3. The van der Waals surface area contributed by atoms with E-state index in [1.807, 2.05) is 25.1 Å². The summed E-state index contributed by atoms with van der Waals surface area (Å²) >= 11 is 0. The molecule has 0 N–H and O–H groups in total. The lowest BCUT2D eigenvalue weighted by atomic mass is 10.1. The van der Waals surface area contributed by atoms with Gasteiger partial charge in [-0.3, -0.25) is 9.78 Å². The molecule has 0 aliphatic carbocycles. The minimum atomic E-state index is -0.133. The molecule has 2 heterocycles. The van der Waals surface area contributed by atoms with Gasteiger partial charge >= 0.3 is 0 Å². The molecule has 0 aromatic carbocycles. The molecule has 0 radical (unpaired) electrons. The van der Waals surface area contributed by atoms with E-state index in [0.717, 1.165) is 5.56 Å². The van der Waals surface area contributed by atoms with E-state index in [1.54, 1.807) is 30.4 Å². The van der Waals surface area contributed by atoms with E-state index in [9.17, 15) is 4.79 Å². The SMILES string of the molecule is CC(c1ccncc1)N(C)C(=O)c1ccc(C#N)nc1. The molecule has 2 rings (SSSR count). The van der Waals surface area contributed by atoms with Crippen molar-refractivity contribution in [3.63, 3.8) is 0 Å². The van der Waals surface area contributed by atoms with Crippen molar-refractivity contribution >= 4 is 5.91 Å². The zero-order valence-corrected chi connectivity index (χ0v) is 11.3. The second-order valence-electron chi connectivity index (χ2n) is 4.42. The normalized spacial score (nSPS) is 11.4. The number of hydrogen-bond donors (Lipinski definition) is 0. The van der Waals surface area contributed by atoms with Gasteiger partial charge in [0.1, 0.15) is 11.8 Å². The highest BCUT2D eigenvalue weighted by Gasteiger charge is 2.19. The molecular formula is C15H14N4O. The van der Waals surface area contributed by atoms with Gasteiger partial charge in [-0.15, -0.1) is 0 Å². The number of carbonyl (C=O) groups is 1. The second-order valence-corrected chi connectivity index (χ2v) is 4.42. The number of amides is 1. The van der Waals surface area contributed by atoms with Crippen molar-refractivity contribution in [2.45, 2.75) is 13.0 Å². The lowest BCUT2D eigenvalue weighted by Crippen LogP contribution is -2.29. The highest BCUT2D eigenvalue weighted by atomic mass is 16.2. The Morgan fingerprint density at radius 2 is 2.00 bits per heavy atom. The molecule has 0 bridgehead atoms. The van der Waals surface area contributed by atoms with Gasteiger partial charge in [0.05, 0.1) is 11.6 Å². The molecule has 1 unspecified atom stereocenters. The molecule has 0 saturated carbocycles. The van der Waals surface area contributed by atoms with E-state index < -0.39 is 0 Å². The Kier molecular flexibility index (Phi) is 4.06. The fourth-order valence-corrected chi connectivity index (χ4v) is 1.83. The molecule has 2 aromatic rings. The van der Waals surface area contributed by atoms with Crippen LogP contribution in [-0.4, -0.2) is 27.8 Å². The third-order valence-corrected chi connectivity index (χ3v) is 3.21. The molecule has 5 nitrogen and oxygen atoms in total. The molecule has 0 aliphatic heterocycles. The molecule has 0 saturated heterocycles. The van der Waals surface area contributed by atoms with Crippen LogP contribution in [0.5, 0.6) is 0 Å². The minimum absolute atomic E-state index is 0.0684. The standard InChI is InChI=1S/C15H14N4O/c1-11(12-5-7-17-8-6-12)19(2)15(20)13-3-4-14(9-16)18-10-13/h3-8,10-11H,1-2H3. The first-order valence-corrected chi connectivity index (χ1v) is 6.16. The van der Waals surface area contributed by atoms with Crippen LogP contribution < -0.4 is 0 Å². The molecule has 20 heavy (non-hydrogen) atoms. The predicted molar refractivity (Wildman–Crippen MR) is 73.7 cm³/mol. The zero-order valence-electron chi connectivity index (χ0n) is 11.3. The van der Waals surface area contributed by atoms with E-state index in [4.69, 9.17) is 5.26 Å². The summed E-state index contributed by atoms with van der Waals surface area (Å²) in [6.07, 6.45) is 4.83. The van der Waals surface area contributed by atoms with E-state index in [2.05, 4.69) is 9.97 Å². The van der Waals surface area contributed by atoms with Gasteiger partial charge in [0.15, 0.2) is 0 Å². The van der Waals surface area contributed by atoms with Gasteiger partial charge in [0.2, 0.25) is 0 Å². The average Bonchev–Trinajstić information content (AvgIpc) is 2.53. The van der Waals surface area contributed by atoms with Crippen molar-refractivity contribution in [2.24, 2.45) is 0 Å². The van der Waals surface area contributed by atoms with E-state index in [1.165, 1.54) is 12.3 Å². The van der Waals surface area contributed by atoms with Crippen molar-refractivity contribution in [3.05, 3.63) is 59.7 Å². The van der Waals surface area contributed by atoms with Crippen LogP contribution in [0.3, 0.4) is 0 Å². The lowest BCUT2D eigenvalue weighted by molar-refractivity contribution is 0.0742. The van der Waals surface area contributed by atoms with Crippen molar-refractivity contribution in [1.29, 1.82) is 5.26 Å². The summed E-state index contributed by atoms with van der Waals surface area (Å²) in [4.78, 5) is 21.9. The largest absolute Gasteiger partial charge is 0.335 e. The number of nitrogens with zero attached hydrogens (tertiary/aromatic N) is 4. The van der Waals surface area contributed by atoms with Gasteiger partial charge in [-0.2, -0.15) is 5.26 Å². The zero-order chi connectivity index (χ0) is 14.5. The van der Waals surface area contributed by atoms with Crippen LogP contribution in [-0.2, 0) is 0 Å². The van der Waals surface area contributed by atoms with Crippen LogP contribution in [0.4, 0.5) is 0 Å². The van der Waals surface area contributed by atoms with Gasteiger partial charge in [0.25, 0.3) is 5.91 Å². The highest BCUT2D eigenvalue weighted by Crippen LogP contribution is 2.19. The maximum Gasteiger partial charge on any atom is 0.255 e. The first-order valence-electron chi connectivity index (χ1n) is 6.16. The molecule has 100 valence electrons. The van der Waals surface area contributed by atoms with Crippen LogP contribution in [0.2, 0.25) is 0 Å². The number of nitriles is 1. The van der Waals surface area contributed by atoms with Crippen molar-refractivity contribution in [1.82, 2.24) is 14.9 Å². The molecule has 0 fully saturated rings. The topological polar surface area (TPSA) is 69.9 Å². The van der Waals surface area contributed by atoms with Crippen LogP contribution >= 0.6 is 0 Å². The van der Waals surface area contributed by atoms with Gasteiger partial charge < -0.3 is 4.90 Å². The monoisotopic (exact) mass is 266 g/mol. The molecule has 0 aliphatic rings. The first-order chi connectivity index (χ1) is 9.63. The van der Waals surface area contributed by atoms with Crippen LogP contribution in [0.1, 0.15) is 34.6 Å². The van der Waals surface area contributed by atoms with Crippen LogP contribution in [0, 0.1) is 11.3 Å². The summed E-state index contributed by atoms with van der Waals surface area (Å²) in [5.41, 5.74) is 1.77. The Hall–Kier alpha value is -2.74. The van der Waals surface area contributed by atoms with Gasteiger partial charge in [-0.05, 0) is 36.8 Å². The number of carbonyl (C=O) groups excluding carboxylic acids is 1. The van der Waals surface area contributed by atoms with E-state index in [-0.39, 0.29) is 11.9 Å². The van der Waals surface area contributed by atoms with E-state index in [0.29, 0.717) is 11.3 Å². The molecule has 1 atom stereocenters.